The number of hydrogen-bond acceptors (Lipinski definition) is 3. The quantitative estimate of drug-likeness (QED) is 0.658. The highest BCUT2D eigenvalue weighted by Crippen LogP contribution is 2.19. The lowest BCUT2D eigenvalue weighted by molar-refractivity contribution is 0.0150. The van der Waals surface area contributed by atoms with Crippen molar-refractivity contribution in [2.75, 3.05) is 32.9 Å². The van der Waals surface area contributed by atoms with Crippen LogP contribution in [0.25, 0.3) is 0 Å². The normalized spacial score (nSPS) is 30.7. The maximum atomic E-state index is 12.1. The second kappa shape index (κ2) is 5.52. The number of aliphatic hydroxyl groups is 2. The average Bonchev–Trinajstić information content (AvgIpc) is 2.12. The lowest BCUT2D eigenvalue weighted by Gasteiger charge is -2.35. The van der Waals surface area contributed by atoms with Gasteiger partial charge in [0.05, 0.1) is 19.4 Å². The van der Waals surface area contributed by atoms with Crippen LogP contribution >= 0.6 is 0 Å². The fraction of sp³-hybridized carbons (Fsp3) is 1.00. The first-order chi connectivity index (χ1) is 6.27. The highest BCUT2D eigenvalue weighted by Gasteiger charge is 2.26. The van der Waals surface area contributed by atoms with E-state index in [0.717, 1.165) is 6.54 Å². The third-order valence-electron chi connectivity index (χ3n) is 2.67. The minimum absolute atomic E-state index is 0.0466. The zero-order chi connectivity index (χ0) is 9.68. The predicted molar refractivity (Wildman–Crippen MR) is 48.2 cm³/mol. The van der Waals surface area contributed by atoms with E-state index in [4.69, 9.17) is 5.11 Å². The van der Waals surface area contributed by atoms with E-state index >= 15 is 0 Å². The number of halogens is 1. The van der Waals surface area contributed by atoms with Gasteiger partial charge < -0.3 is 15.1 Å². The monoisotopic (exact) mass is 191 g/mol. The second-order valence-electron chi connectivity index (χ2n) is 3.62. The zero-order valence-electron chi connectivity index (χ0n) is 7.82. The Labute approximate surface area is 78.2 Å². The van der Waals surface area contributed by atoms with Crippen LogP contribution in [-0.2, 0) is 0 Å². The second-order valence-corrected chi connectivity index (χ2v) is 3.62. The molecule has 1 fully saturated rings. The molecule has 0 aliphatic carbocycles. The van der Waals surface area contributed by atoms with Gasteiger partial charge in [-0.2, -0.15) is 0 Å². The summed E-state index contributed by atoms with van der Waals surface area (Å²) in [5.74, 6) is 0.0466. The molecule has 0 radical (unpaired) electrons. The molecule has 4 heteroatoms. The van der Waals surface area contributed by atoms with E-state index in [0.29, 0.717) is 25.9 Å². The van der Waals surface area contributed by atoms with Crippen LogP contribution in [0.3, 0.4) is 0 Å². The first-order valence-electron chi connectivity index (χ1n) is 4.85. The van der Waals surface area contributed by atoms with Gasteiger partial charge in [0.25, 0.3) is 0 Å². The molecule has 78 valence electrons. The number of aliphatic hydroxyl groups excluding tert-OH is 2. The molecular weight excluding hydrogens is 173 g/mol. The molecule has 1 rings (SSSR count). The van der Waals surface area contributed by atoms with Crippen LogP contribution in [0.5, 0.6) is 0 Å². The van der Waals surface area contributed by atoms with E-state index in [1.54, 1.807) is 0 Å². The third kappa shape index (κ3) is 3.21. The molecule has 1 saturated heterocycles. The molecule has 0 aromatic heterocycles. The van der Waals surface area contributed by atoms with Crippen molar-refractivity contribution in [2.24, 2.45) is 5.92 Å². The first kappa shape index (κ1) is 10.9. The minimum Gasteiger partial charge on any atom is -0.395 e. The molecule has 0 spiro atoms. The van der Waals surface area contributed by atoms with E-state index in [-0.39, 0.29) is 25.3 Å². The minimum atomic E-state index is -0.366. The molecule has 0 amide bonds. The molecule has 13 heavy (non-hydrogen) atoms. The van der Waals surface area contributed by atoms with Crippen molar-refractivity contribution < 1.29 is 14.6 Å². The molecule has 3 nitrogen and oxygen atoms in total. The van der Waals surface area contributed by atoms with E-state index in [9.17, 15) is 9.50 Å². The number of alkyl halides is 1. The molecule has 1 aliphatic heterocycles. The summed E-state index contributed by atoms with van der Waals surface area (Å²) in [4.78, 5) is 2.08. The summed E-state index contributed by atoms with van der Waals surface area (Å²) >= 11 is 0. The lowest BCUT2D eigenvalue weighted by atomic mass is 9.92. The molecule has 2 atom stereocenters. The standard InChI is InChI=1S/C9H18FNO2/c10-3-1-8-7-11(5-6-12)4-2-9(8)13/h8-9,12-13H,1-7H2/t8-,9+/m1/s1. The van der Waals surface area contributed by atoms with Crippen molar-refractivity contribution >= 4 is 0 Å². The van der Waals surface area contributed by atoms with Gasteiger partial charge in [0.1, 0.15) is 0 Å². The van der Waals surface area contributed by atoms with Crippen LogP contribution in [0.15, 0.2) is 0 Å². The molecule has 0 bridgehead atoms. The molecular formula is C9H18FNO2. The molecule has 2 N–H and O–H groups in total. The van der Waals surface area contributed by atoms with Crippen molar-refractivity contribution in [3.8, 4) is 0 Å². The summed E-state index contributed by atoms with van der Waals surface area (Å²) in [5, 5.41) is 18.3. The van der Waals surface area contributed by atoms with Crippen LogP contribution in [0.2, 0.25) is 0 Å². The van der Waals surface area contributed by atoms with Crippen LogP contribution in [-0.4, -0.2) is 54.1 Å². The Bertz CT molecular complexity index is 146. The predicted octanol–water partition coefficient (Wildman–Crippen LogP) is 0.0211. The summed E-state index contributed by atoms with van der Waals surface area (Å²) in [6.07, 6.45) is 0.777. The van der Waals surface area contributed by atoms with Crippen molar-refractivity contribution in [3.63, 3.8) is 0 Å². The Morgan fingerprint density at radius 1 is 1.46 bits per heavy atom. The molecule has 1 heterocycles. The molecule has 0 saturated carbocycles. The highest BCUT2D eigenvalue weighted by molar-refractivity contribution is 4.79. The maximum absolute atomic E-state index is 12.1. The van der Waals surface area contributed by atoms with Gasteiger partial charge in [0, 0.05) is 25.6 Å². The Kier molecular flexibility index (Phi) is 4.62. The Morgan fingerprint density at radius 3 is 2.85 bits per heavy atom. The highest BCUT2D eigenvalue weighted by atomic mass is 19.1. The number of likely N-dealkylation sites (tertiary alicyclic amines) is 1. The van der Waals surface area contributed by atoms with Gasteiger partial charge in [-0.25, -0.2) is 0 Å². The summed E-state index contributed by atoms with van der Waals surface area (Å²) < 4.78 is 12.1. The Hall–Kier alpha value is -0.190. The number of rotatable bonds is 4. The van der Waals surface area contributed by atoms with Crippen molar-refractivity contribution in [3.05, 3.63) is 0 Å². The lowest BCUT2D eigenvalue weighted by Crippen LogP contribution is -2.44. The topological polar surface area (TPSA) is 43.7 Å². The number of nitrogens with zero attached hydrogens (tertiary/aromatic N) is 1. The van der Waals surface area contributed by atoms with E-state index in [1.165, 1.54) is 0 Å². The third-order valence-corrected chi connectivity index (χ3v) is 2.67. The molecule has 0 aromatic rings. The summed E-state index contributed by atoms with van der Waals surface area (Å²) in [7, 11) is 0. The number of hydrogen-bond donors (Lipinski definition) is 2. The van der Waals surface area contributed by atoms with Gasteiger partial charge >= 0.3 is 0 Å². The van der Waals surface area contributed by atoms with Gasteiger partial charge in [0.2, 0.25) is 0 Å². The molecule has 0 unspecified atom stereocenters. The van der Waals surface area contributed by atoms with Crippen molar-refractivity contribution in [1.29, 1.82) is 0 Å². The van der Waals surface area contributed by atoms with Gasteiger partial charge in [-0.05, 0) is 12.8 Å². The van der Waals surface area contributed by atoms with Gasteiger partial charge in [-0.1, -0.05) is 0 Å². The first-order valence-corrected chi connectivity index (χ1v) is 4.85. The average molecular weight is 191 g/mol. The Morgan fingerprint density at radius 2 is 2.23 bits per heavy atom. The van der Waals surface area contributed by atoms with Crippen LogP contribution in [0, 0.1) is 5.92 Å². The van der Waals surface area contributed by atoms with Gasteiger partial charge in [-0.15, -0.1) is 0 Å². The summed E-state index contributed by atoms with van der Waals surface area (Å²) in [6.45, 7) is 1.93. The summed E-state index contributed by atoms with van der Waals surface area (Å²) in [5.41, 5.74) is 0. The zero-order valence-corrected chi connectivity index (χ0v) is 7.82. The van der Waals surface area contributed by atoms with E-state index in [1.807, 2.05) is 0 Å². The largest absolute Gasteiger partial charge is 0.395 e. The fourth-order valence-corrected chi connectivity index (χ4v) is 1.86. The fourth-order valence-electron chi connectivity index (χ4n) is 1.86. The molecule has 0 aromatic carbocycles. The van der Waals surface area contributed by atoms with Crippen molar-refractivity contribution in [2.45, 2.75) is 18.9 Å². The number of β-amino-alcohol motifs (C(OH)–C–C–N with tert-alkyl or cyclic N) is 1. The molecule has 1 aliphatic rings. The maximum Gasteiger partial charge on any atom is 0.0898 e. The van der Waals surface area contributed by atoms with Gasteiger partial charge in [0.15, 0.2) is 0 Å². The SMILES string of the molecule is OCCN1CC[C@H](O)[C@H](CCF)C1. The van der Waals surface area contributed by atoms with E-state index < -0.39 is 0 Å². The smallest absolute Gasteiger partial charge is 0.0898 e. The van der Waals surface area contributed by atoms with Crippen LogP contribution < -0.4 is 0 Å². The number of piperidine rings is 1. The van der Waals surface area contributed by atoms with Crippen LogP contribution in [0.4, 0.5) is 4.39 Å². The summed E-state index contributed by atoms with van der Waals surface area (Å²) in [6, 6.07) is 0. The Balaban J connectivity index is 2.33. The van der Waals surface area contributed by atoms with E-state index in [2.05, 4.69) is 4.90 Å². The van der Waals surface area contributed by atoms with Crippen LogP contribution in [0.1, 0.15) is 12.8 Å². The van der Waals surface area contributed by atoms with Crippen molar-refractivity contribution in [1.82, 2.24) is 4.90 Å². The van der Waals surface area contributed by atoms with Gasteiger partial charge in [-0.3, -0.25) is 4.39 Å².